The van der Waals surface area contributed by atoms with E-state index in [-0.39, 0.29) is 6.03 Å². The van der Waals surface area contributed by atoms with Crippen molar-refractivity contribution in [2.45, 2.75) is 6.92 Å². The lowest BCUT2D eigenvalue weighted by Gasteiger charge is -2.18. The molecule has 0 radical (unpaired) electrons. The summed E-state index contributed by atoms with van der Waals surface area (Å²) in [5, 5.41) is 8.60. The summed E-state index contributed by atoms with van der Waals surface area (Å²) in [6.07, 6.45) is 1.68. The van der Waals surface area contributed by atoms with Crippen LogP contribution in [0.2, 0.25) is 0 Å². The number of para-hydroxylation sites is 2. The Labute approximate surface area is 147 Å². The fourth-order valence-corrected chi connectivity index (χ4v) is 2.28. The van der Waals surface area contributed by atoms with Gasteiger partial charge in [0, 0.05) is 5.69 Å². The predicted molar refractivity (Wildman–Crippen MR) is 103 cm³/mol. The number of benzene rings is 3. The van der Waals surface area contributed by atoms with Crippen LogP contribution < -0.4 is 10.3 Å². The molecule has 0 aliphatic carbocycles. The lowest BCUT2D eigenvalue weighted by Crippen LogP contribution is -2.30. The maximum absolute atomic E-state index is 12.7. The van der Waals surface area contributed by atoms with Crippen LogP contribution in [0, 0.1) is 6.92 Å². The van der Waals surface area contributed by atoms with Crippen LogP contribution in [0.5, 0.6) is 0 Å². The summed E-state index contributed by atoms with van der Waals surface area (Å²) in [6.45, 7) is 2.03. The molecule has 3 aromatic carbocycles. The number of urea groups is 1. The minimum Gasteiger partial charge on any atom is -0.306 e. The molecule has 0 atom stereocenters. The van der Waals surface area contributed by atoms with E-state index in [9.17, 15) is 4.79 Å². The van der Waals surface area contributed by atoms with E-state index in [1.807, 2.05) is 91.9 Å². The highest BCUT2D eigenvalue weighted by Gasteiger charge is 2.14. The first-order chi connectivity index (χ1) is 12.2. The van der Waals surface area contributed by atoms with Crippen molar-refractivity contribution in [1.29, 1.82) is 0 Å². The van der Waals surface area contributed by atoms with Gasteiger partial charge in [-0.05, 0) is 36.8 Å². The molecule has 0 aromatic heterocycles. The molecule has 0 aliphatic rings. The Kier molecular flexibility index (Phi) is 5.22. The maximum Gasteiger partial charge on any atom is 0.347 e. The summed E-state index contributed by atoms with van der Waals surface area (Å²) in [6, 6.07) is 26.3. The zero-order chi connectivity index (χ0) is 17.5. The molecule has 0 spiro atoms. The molecule has 3 aromatic rings. The van der Waals surface area contributed by atoms with Crippen molar-refractivity contribution < 1.29 is 4.79 Å². The molecule has 0 saturated heterocycles. The average molecular weight is 329 g/mol. The van der Waals surface area contributed by atoms with Crippen LogP contribution in [0.15, 0.2) is 90.0 Å². The van der Waals surface area contributed by atoms with Gasteiger partial charge in [0.2, 0.25) is 0 Å². The van der Waals surface area contributed by atoms with Gasteiger partial charge in [0.1, 0.15) is 0 Å². The van der Waals surface area contributed by atoms with Gasteiger partial charge >= 0.3 is 6.03 Å². The number of carbonyl (C=O) groups is 1. The number of rotatable bonds is 4. The van der Waals surface area contributed by atoms with E-state index in [0.717, 1.165) is 11.3 Å². The van der Waals surface area contributed by atoms with Gasteiger partial charge in [-0.15, -0.1) is 0 Å². The number of hydrogen-bond acceptors (Lipinski definition) is 2. The first-order valence-electron chi connectivity index (χ1n) is 8.04. The van der Waals surface area contributed by atoms with Crippen molar-refractivity contribution in [3.63, 3.8) is 0 Å². The number of nitrogens with zero attached hydrogens (tertiary/aromatic N) is 2. The first kappa shape index (κ1) is 16.5. The molecule has 0 bridgehead atoms. The van der Waals surface area contributed by atoms with Crippen LogP contribution in [0.4, 0.5) is 16.2 Å². The summed E-state index contributed by atoms with van der Waals surface area (Å²) in [5.41, 5.74) is 3.52. The van der Waals surface area contributed by atoms with E-state index in [1.165, 1.54) is 10.6 Å². The highest BCUT2D eigenvalue weighted by Crippen LogP contribution is 2.16. The number of nitrogens with one attached hydrogen (secondary N) is 1. The molecule has 124 valence electrons. The average Bonchev–Trinajstić information content (AvgIpc) is 2.65. The lowest BCUT2D eigenvalue weighted by atomic mass is 10.2. The fraction of sp³-hybridized carbons (Fsp3) is 0.0476. The minimum atomic E-state index is -0.319. The van der Waals surface area contributed by atoms with E-state index in [2.05, 4.69) is 10.4 Å². The second-order valence-electron chi connectivity index (χ2n) is 5.60. The van der Waals surface area contributed by atoms with Crippen molar-refractivity contribution in [1.82, 2.24) is 0 Å². The number of anilines is 2. The van der Waals surface area contributed by atoms with E-state index in [1.54, 1.807) is 6.21 Å². The van der Waals surface area contributed by atoms with Gasteiger partial charge in [-0.25, -0.2) is 4.79 Å². The molecular formula is C21H19N3O. The van der Waals surface area contributed by atoms with E-state index < -0.39 is 0 Å². The van der Waals surface area contributed by atoms with Gasteiger partial charge in [-0.1, -0.05) is 66.2 Å². The van der Waals surface area contributed by atoms with Crippen molar-refractivity contribution >= 4 is 23.6 Å². The molecule has 0 saturated carbocycles. The van der Waals surface area contributed by atoms with Crippen LogP contribution in [-0.2, 0) is 0 Å². The summed E-state index contributed by atoms with van der Waals surface area (Å²) >= 11 is 0. The predicted octanol–water partition coefficient (Wildman–Crippen LogP) is 5.07. The summed E-state index contributed by atoms with van der Waals surface area (Å²) in [7, 11) is 0. The van der Waals surface area contributed by atoms with E-state index in [0.29, 0.717) is 5.69 Å². The topological polar surface area (TPSA) is 44.7 Å². The molecule has 0 fully saturated rings. The van der Waals surface area contributed by atoms with Crippen molar-refractivity contribution in [3.8, 4) is 0 Å². The van der Waals surface area contributed by atoms with Crippen LogP contribution in [0.3, 0.4) is 0 Å². The van der Waals surface area contributed by atoms with Crippen molar-refractivity contribution in [2.24, 2.45) is 5.10 Å². The minimum absolute atomic E-state index is 0.319. The normalized spacial score (nSPS) is 10.6. The van der Waals surface area contributed by atoms with Crippen LogP contribution in [0.1, 0.15) is 11.1 Å². The molecular weight excluding hydrogens is 310 g/mol. The number of hydrogen-bond donors (Lipinski definition) is 1. The number of carbonyl (C=O) groups excluding carboxylic acids is 1. The molecule has 0 unspecified atom stereocenters. The smallest absolute Gasteiger partial charge is 0.306 e. The molecule has 3 rings (SSSR count). The maximum atomic E-state index is 12.7. The van der Waals surface area contributed by atoms with Gasteiger partial charge in [-0.3, -0.25) is 0 Å². The Hall–Kier alpha value is -3.40. The van der Waals surface area contributed by atoms with Gasteiger partial charge < -0.3 is 5.32 Å². The Balaban J connectivity index is 1.85. The molecule has 1 N–H and O–H groups in total. The Bertz CT molecular complexity index is 843. The standard InChI is InChI=1S/C21H19N3O/c1-17-12-14-18(15-13-17)16-22-24(20-10-6-3-7-11-20)21(25)23-19-8-4-2-5-9-19/h2-16H,1H3,(H,23,25)/b22-16+. The second-order valence-corrected chi connectivity index (χ2v) is 5.60. The Morgan fingerprint density at radius 3 is 2.12 bits per heavy atom. The molecule has 4 heteroatoms. The quantitative estimate of drug-likeness (QED) is 0.527. The first-order valence-corrected chi connectivity index (χ1v) is 8.04. The van der Waals surface area contributed by atoms with Crippen molar-refractivity contribution in [2.75, 3.05) is 10.3 Å². The van der Waals surface area contributed by atoms with Gasteiger partial charge in [0.05, 0.1) is 11.9 Å². The lowest BCUT2D eigenvalue weighted by molar-refractivity contribution is 0.257. The zero-order valence-corrected chi connectivity index (χ0v) is 14.0. The summed E-state index contributed by atoms with van der Waals surface area (Å²) in [4.78, 5) is 12.7. The largest absolute Gasteiger partial charge is 0.347 e. The Morgan fingerprint density at radius 2 is 1.48 bits per heavy atom. The SMILES string of the molecule is Cc1ccc(/C=N/N(C(=O)Nc2ccccc2)c2ccccc2)cc1. The fourth-order valence-electron chi connectivity index (χ4n) is 2.28. The van der Waals surface area contributed by atoms with Crippen LogP contribution >= 0.6 is 0 Å². The highest BCUT2D eigenvalue weighted by molar-refractivity contribution is 6.02. The van der Waals surface area contributed by atoms with Gasteiger partial charge in [0.15, 0.2) is 0 Å². The zero-order valence-electron chi connectivity index (χ0n) is 14.0. The molecule has 2 amide bonds. The van der Waals surface area contributed by atoms with Crippen molar-refractivity contribution in [3.05, 3.63) is 96.1 Å². The van der Waals surface area contributed by atoms with Gasteiger partial charge in [-0.2, -0.15) is 10.1 Å². The molecule has 25 heavy (non-hydrogen) atoms. The third kappa shape index (κ3) is 4.54. The third-order valence-corrected chi connectivity index (χ3v) is 3.62. The summed E-state index contributed by atoms with van der Waals surface area (Å²) < 4.78 is 0. The number of aryl methyl sites for hydroxylation is 1. The monoisotopic (exact) mass is 329 g/mol. The molecule has 4 nitrogen and oxygen atoms in total. The Morgan fingerprint density at radius 1 is 0.880 bits per heavy atom. The van der Waals surface area contributed by atoms with E-state index >= 15 is 0 Å². The number of hydrazone groups is 1. The third-order valence-electron chi connectivity index (χ3n) is 3.62. The molecule has 0 aliphatic heterocycles. The summed E-state index contributed by atoms with van der Waals surface area (Å²) in [5.74, 6) is 0. The van der Waals surface area contributed by atoms with Crippen LogP contribution in [0.25, 0.3) is 0 Å². The van der Waals surface area contributed by atoms with Gasteiger partial charge in [0.25, 0.3) is 0 Å². The highest BCUT2D eigenvalue weighted by atomic mass is 16.2. The number of amides is 2. The van der Waals surface area contributed by atoms with Crippen LogP contribution in [-0.4, -0.2) is 12.2 Å². The molecule has 0 heterocycles. The second kappa shape index (κ2) is 7.93. The van der Waals surface area contributed by atoms with E-state index in [4.69, 9.17) is 0 Å².